The zero-order valence-corrected chi connectivity index (χ0v) is 20.6. The van der Waals surface area contributed by atoms with Crippen molar-refractivity contribution in [2.24, 2.45) is 0 Å². The van der Waals surface area contributed by atoms with E-state index in [0.29, 0.717) is 25.2 Å². The fourth-order valence-electron chi connectivity index (χ4n) is 4.20. The van der Waals surface area contributed by atoms with E-state index in [1.54, 1.807) is 14.0 Å². The number of nitrogens with zero attached hydrogens (tertiary/aromatic N) is 3. The van der Waals surface area contributed by atoms with Crippen LogP contribution >= 0.6 is 0 Å². The largest absolute Gasteiger partial charge is 0.350 e. The molecule has 0 saturated carbocycles. The zero-order valence-electron chi connectivity index (χ0n) is 20.6. The van der Waals surface area contributed by atoms with Crippen LogP contribution in [0.3, 0.4) is 0 Å². The highest BCUT2D eigenvalue weighted by Gasteiger charge is 2.46. The maximum atomic E-state index is 13.1. The molecule has 0 spiro atoms. The maximum Gasteiger partial charge on any atom is 0.272 e. The second-order valence-electron chi connectivity index (χ2n) is 9.37. The van der Waals surface area contributed by atoms with Crippen molar-refractivity contribution in [3.05, 3.63) is 88.2 Å². The fraction of sp³-hybridized carbons (Fsp3) is 0.333. The molecule has 2 heterocycles. The lowest BCUT2D eigenvalue weighted by molar-refractivity contribution is -0.132. The van der Waals surface area contributed by atoms with Gasteiger partial charge in [-0.1, -0.05) is 59.7 Å². The number of nitrogens with one attached hydrogen (secondary N) is 2. The van der Waals surface area contributed by atoms with Crippen LogP contribution in [0, 0.1) is 13.8 Å². The van der Waals surface area contributed by atoms with Crippen molar-refractivity contribution in [2.45, 2.75) is 45.8 Å². The van der Waals surface area contributed by atoms with Crippen LogP contribution in [0.2, 0.25) is 0 Å². The molecule has 8 nitrogen and oxygen atoms in total. The van der Waals surface area contributed by atoms with E-state index < -0.39 is 5.54 Å². The van der Waals surface area contributed by atoms with E-state index >= 15 is 0 Å². The van der Waals surface area contributed by atoms with Gasteiger partial charge in [-0.25, -0.2) is 0 Å². The summed E-state index contributed by atoms with van der Waals surface area (Å²) in [6.07, 6.45) is 0.696. The molecule has 35 heavy (non-hydrogen) atoms. The van der Waals surface area contributed by atoms with Gasteiger partial charge < -0.3 is 15.5 Å². The van der Waals surface area contributed by atoms with Crippen molar-refractivity contribution in [3.63, 3.8) is 0 Å². The van der Waals surface area contributed by atoms with E-state index in [1.165, 1.54) is 21.2 Å². The van der Waals surface area contributed by atoms with E-state index in [-0.39, 0.29) is 30.0 Å². The number of rotatable bonds is 7. The van der Waals surface area contributed by atoms with Gasteiger partial charge in [0.05, 0.1) is 6.54 Å². The first-order chi connectivity index (χ1) is 16.7. The minimum Gasteiger partial charge on any atom is -0.350 e. The number of carbonyl (C=O) groups is 3. The molecule has 1 aliphatic rings. The molecule has 2 aromatic carbocycles. The van der Waals surface area contributed by atoms with Crippen LogP contribution in [0.1, 0.15) is 50.2 Å². The summed E-state index contributed by atoms with van der Waals surface area (Å²) >= 11 is 0. The Bertz CT molecular complexity index is 1260. The van der Waals surface area contributed by atoms with E-state index in [4.69, 9.17) is 0 Å². The smallest absolute Gasteiger partial charge is 0.272 e. The summed E-state index contributed by atoms with van der Waals surface area (Å²) in [6.45, 7) is 6.71. The van der Waals surface area contributed by atoms with Gasteiger partial charge in [0, 0.05) is 26.2 Å². The highest BCUT2D eigenvalue weighted by atomic mass is 16.2. The van der Waals surface area contributed by atoms with Crippen LogP contribution in [-0.2, 0) is 24.3 Å². The third-order valence-electron chi connectivity index (χ3n) is 6.58. The number of hydrogen-bond donors (Lipinski definition) is 2. The number of fused-ring (bicyclic) bond motifs is 1. The van der Waals surface area contributed by atoms with Gasteiger partial charge in [0.1, 0.15) is 11.2 Å². The summed E-state index contributed by atoms with van der Waals surface area (Å²) in [5, 5.41) is 10.2. The van der Waals surface area contributed by atoms with Gasteiger partial charge in [-0.05, 0) is 38.3 Å². The number of hydrogen-bond acceptors (Lipinski definition) is 4. The quantitative estimate of drug-likeness (QED) is 0.551. The third kappa shape index (κ3) is 5.11. The predicted octanol–water partition coefficient (Wildman–Crippen LogP) is 2.63. The van der Waals surface area contributed by atoms with Crippen molar-refractivity contribution < 1.29 is 14.4 Å². The van der Waals surface area contributed by atoms with Gasteiger partial charge in [-0.3, -0.25) is 19.1 Å². The summed E-state index contributed by atoms with van der Waals surface area (Å²) in [4.78, 5) is 40.3. The van der Waals surface area contributed by atoms with Crippen LogP contribution in [0.5, 0.6) is 0 Å². The molecule has 182 valence electrons. The summed E-state index contributed by atoms with van der Waals surface area (Å²) in [5.74, 6) is -0.977. The molecule has 0 bridgehead atoms. The summed E-state index contributed by atoms with van der Waals surface area (Å²) in [6, 6.07) is 17.5. The third-order valence-corrected chi connectivity index (χ3v) is 6.58. The lowest BCUT2D eigenvalue weighted by Crippen LogP contribution is -2.62. The Labute approximate surface area is 205 Å². The van der Waals surface area contributed by atoms with Gasteiger partial charge in [0.15, 0.2) is 5.69 Å². The van der Waals surface area contributed by atoms with Crippen molar-refractivity contribution in [1.29, 1.82) is 0 Å². The molecule has 0 aliphatic carbocycles. The van der Waals surface area contributed by atoms with Crippen molar-refractivity contribution in [2.75, 3.05) is 13.6 Å². The molecule has 0 fully saturated rings. The lowest BCUT2D eigenvalue weighted by Gasteiger charge is -2.40. The van der Waals surface area contributed by atoms with Gasteiger partial charge in [-0.2, -0.15) is 5.10 Å². The maximum absolute atomic E-state index is 13.1. The molecule has 0 radical (unpaired) electrons. The van der Waals surface area contributed by atoms with Crippen LogP contribution in [-0.4, -0.2) is 51.5 Å². The van der Waals surface area contributed by atoms with E-state index in [9.17, 15) is 14.4 Å². The highest BCUT2D eigenvalue weighted by Crippen LogP contribution is 2.26. The molecule has 3 amide bonds. The molecule has 0 unspecified atom stereocenters. The Morgan fingerprint density at radius 2 is 1.74 bits per heavy atom. The Morgan fingerprint density at radius 1 is 1.00 bits per heavy atom. The number of aromatic nitrogens is 2. The van der Waals surface area contributed by atoms with Crippen LogP contribution in [0.4, 0.5) is 0 Å². The molecule has 3 aromatic rings. The average Bonchev–Trinajstić information content (AvgIpc) is 3.26. The van der Waals surface area contributed by atoms with Crippen LogP contribution < -0.4 is 10.6 Å². The number of aryl methyl sites for hydroxylation is 2. The monoisotopic (exact) mass is 473 g/mol. The number of amides is 3. The molecule has 2 N–H and O–H groups in total. The van der Waals surface area contributed by atoms with Crippen molar-refractivity contribution >= 4 is 17.7 Å². The molecular formula is C27H31N5O3. The summed E-state index contributed by atoms with van der Waals surface area (Å²) in [5.41, 5.74) is 3.74. The Kier molecular flexibility index (Phi) is 6.73. The first-order valence-electron chi connectivity index (χ1n) is 11.7. The van der Waals surface area contributed by atoms with Gasteiger partial charge in [0.25, 0.3) is 11.8 Å². The molecule has 8 heteroatoms. The van der Waals surface area contributed by atoms with Crippen molar-refractivity contribution in [1.82, 2.24) is 25.3 Å². The van der Waals surface area contributed by atoms with Gasteiger partial charge >= 0.3 is 0 Å². The van der Waals surface area contributed by atoms with Crippen molar-refractivity contribution in [3.8, 4) is 0 Å². The lowest BCUT2D eigenvalue weighted by atomic mass is 9.95. The molecule has 0 saturated heterocycles. The SMILES string of the molecule is Cc1ccc(CNC(=O)[C@@]2(C)Cn3nc(C(=O)NCCc4cccc(C)c4)cc3C(=O)N2C)cc1. The standard InChI is InChI=1S/C27H31N5O3/c1-18-8-10-21(11-9-18)16-29-26(35)27(3)17-32-23(25(34)31(27)4)15-22(30-32)24(33)28-13-12-20-7-5-6-19(2)14-20/h5-11,14-15H,12-13,16-17H2,1-4H3,(H,28,33)(H,29,35)/t27-/m1/s1. The van der Waals surface area contributed by atoms with Crippen LogP contribution in [0.15, 0.2) is 54.6 Å². The fourth-order valence-corrected chi connectivity index (χ4v) is 4.20. The Hall–Kier alpha value is -3.94. The molecular weight excluding hydrogens is 442 g/mol. The topological polar surface area (TPSA) is 96.3 Å². The van der Waals surface area contributed by atoms with Gasteiger partial charge in [-0.15, -0.1) is 0 Å². The second-order valence-corrected chi connectivity index (χ2v) is 9.37. The second kappa shape index (κ2) is 9.74. The normalized spacial score (nSPS) is 17.1. The summed E-state index contributed by atoms with van der Waals surface area (Å²) in [7, 11) is 1.60. The number of carbonyl (C=O) groups excluding carboxylic acids is 3. The first kappa shape index (κ1) is 24.2. The Morgan fingerprint density at radius 3 is 2.46 bits per heavy atom. The van der Waals surface area contributed by atoms with E-state index in [1.807, 2.05) is 56.3 Å². The minimum absolute atomic E-state index is 0.154. The van der Waals surface area contributed by atoms with E-state index in [2.05, 4.69) is 21.8 Å². The molecule has 1 atom stereocenters. The zero-order chi connectivity index (χ0) is 25.2. The first-order valence-corrected chi connectivity index (χ1v) is 11.7. The summed E-state index contributed by atoms with van der Waals surface area (Å²) < 4.78 is 1.46. The average molecular weight is 474 g/mol. The Balaban J connectivity index is 1.42. The number of likely N-dealkylation sites (N-methyl/N-ethyl adjacent to an activating group) is 1. The van der Waals surface area contributed by atoms with Gasteiger partial charge in [0.2, 0.25) is 5.91 Å². The molecule has 1 aliphatic heterocycles. The van der Waals surface area contributed by atoms with Crippen LogP contribution in [0.25, 0.3) is 0 Å². The van der Waals surface area contributed by atoms with E-state index in [0.717, 1.165) is 16.7 Å². The molecule has 4 rings (SSSR count). The predicted molar refractivity (Wildman–Crippen MR) is 133 cm³/mol. The highest BCUT2D eigenvalue weighted by molar-refractivity contribution is 6.01. The minimum atomic E-state index is -1.14. The number of benzene rings is 2. The molecule has 1 aromatic heterocycles.